The lowest BCUT2D eigenvalue weighted by atomic mass is 9.98. The molecule has 0 aliphatic carbocycles. The molecule has 0 bridgehead atoms. The van der Waals surface area contributed by atoms with E-state index in [9.17, 15) is 8.42 Å². The van der Waals surface area contributed by atoms with Crippen LogP contribution in [-0.2, 0) is 9.84 Å². The molecule has 3 nitrogen and oxygen atoms in total. The Morgan fingerprint density at radius 1 is 1.47 bits per heavy atom. The molecule has 1 aromatic rings. The first-order valence-electron chi connectivity index (χ1n) is 6.10. The summed E-state index contributed by atoms with van der Waals surface area (Å²) in [5.74, 6) is 0.419. The molecule has 2 saturated heterocycles. The summed E-state index contributed by atoms with van der Waals surface area (Å²) in [6.07, 6.45) is 0. The molecule has 0 radical (unpaired) electrons. The summed E-state index contributed by atoms with van der Waals surface area (Å²) in [4.78, 5) is 2.04. The van der Waals surface area contributed by atoms with Crippen LogP contribution in [0.3, 0.4) is 0 Å². The largest absolute Gasteiger partial charge is 0.319 e. The van der Waals surface area contributed by atoms with E-state index in [2.05, 4.69) is 6.07 Å². The third-order valence-electron chi connectivity index (χ3n) is 3.81. The Hall–Kier alpha value is -0.590. The van der Waals surface area contributed by atoms with E-state index in [1.165, 1.54) is 11.8 Å². The standard InChI is InChI=1S/C13H15NO2S3/c1-9-4-3-5-10(6-9)14-12(17)18-11-7-19(15,16)8-13(11,14)2/h3-6,11H,7-8H2,1-2H3/t11-,13-/m0/s1. The summed E-state index contributed by atoms with van der Waals surface area (Å²) in [6, 6.07) is 8.07. The predicted molar refractivity (Wildman–Crippen MR) is 84.7 cm³/mol. The molecule has 0 saturated carbocycles. The monoisotopic (exact) mass is 313 g/mol. The van der Waals surface area contributed by atoms with Gasteiger partial charge in [0.15, 0.2) is 9.84 Å². The second-order valence-corrected chi connectivity index (χ2v) is 9.40. The second-order valence-electron chi connectivity index (χ2n) is 5.46. The number of thioether (sulfide) groups is 1. The highest BCUT2D eigenvalue weighted by Gasteiger charge is 2.57. The molecule has 6 heteroatoms. The fourth-order valence-corrected chi connectivity index (χ4v) is 7.85. The lowest BCUT2D eigenvalue weighted by Crippen LogP contribution is -2.49. The normalized spacial score (nSPS) is 32.6. The van der Waals surface area contributed by atoms with Crippen molar-refractivity contribution in [2.75, 3.05) is 16.4 Å². The zero-order valence-corrected chi connectivity index (χ0v) is 13.2. The highest BCUT2D eigenvalue weighted by molar-refractivity contribution is 8.24. The molecule has 1 aromatic carbocycles. The van der Waals surface area contributed by atoms with Gasteiger partial charge in [0.2, 0.25) is 0 Å². The predicted octanol–water partition coefficient (Wildman–Crippen LogP) is 2.39. The average molecular weight is 313 g/mol. The smallest absolute Gasteiger partial charge is 0.153 e. The number of anilines is 1. The van der Waals surface area contributed by atoms with Crippen LogP contribution in [0.1, 0.15) is 12.5 Å². The van der Waals surface area contributed by atoms with Gasteiger partial charge in [0.05, 0.1) is 22.3 Å². The Balaban J connectivity index is 2.08. The van der Waals surface area contributed by atoms with Crippen LogP contribution in [0, 0.1) is 6.92 Å². The lowest BCUT2D eigenvalue weighted by Gasteiger charge is -2.34. The number of hydrogen-bond donors (Lipinski definition) is 0. The van der Waals surface area contributed by atoms with Crippen LogP contribution in [0.25, 0.3) is 0 Å². The van der Waals surface area contributed by atoms with Crippen molar-refractivity contribution in [3.05, 3.63) is 29.8 Å². The van der Waals surface area contributed by atoms with Crippen LogP contribution in [0.5, 0.6) is 0 Å². The Morgan fingerprint density at radius 2 is 2.21 bits per heavy atom. The van der Waals surface area contributed by atoms with Gasteiger partial charge in [-0.2, -0.15) is 0 Å². The van der Waals surface area contributed by atoms with Crippen LogP contribution >= 0.6 is 24.0 Å². The van der Waals surface area contributed by atoms with E-state index in [0.29, 0.717) is 0 Å². The Kier molecular flexibility index (Phi) is 2.96. The van der Waals surface area contributed by atoms with Crippen LogP contribution < -0.4 is 4.90 Å². The molecular weight excluding hydrogens is 298 g/mol. The molecule has 2 atom stereocenters. The van der Waals surface area contributed by atoms with Crippen molar-refractivity contribution in [1.29, 1.82) is 0 Å². The van der Waals surface area contributed by atoms with Crippen molar-refractivity contribution in [3.8, 4) is 0 Å². The van der Waals surface area contributed by atoms with Gasteiger partial charge < -0.3 is 4.90 Å². The highest BCUT2D eigenvalue weighted by Crippen LogP contribution is 2.48. The molecule has 0 unspecified atom stereocenters. The molecule has 102 valence electrons. The van der Waals surface area contributed by atoms with Crippen LogP contribution in [0.15, 0.2) is 24.3 Å². The van der Waals surface area contributed by atoms with Crippen molar-refractivity contribution in [1.82, 2.24) is 0 Å². The summed E-state index contributed by atoms with van der Waals surface area (Å²) in [5.41, 5.74) is 1.74. The quantitative estimate of drug-likeness (QED) is 0.744. The first kappa shape index (κ1) is 13.4. The number of fused-ring (bicyclic) bond motifs is 1. The Labute approximate surface area is 123 Å². The van der Waals surface area contributed by atoms with Gasteiger partial charge in [-0.15, -0.1) is 0 Å². The molecule has 2 fully saturated rings. The molecule has 0 spiro atoms. The Bertz CT molecular complexity index is 656. The summed E-state index contributed by atoms with van der Waals surface area (Å²) in [5, 5.41) is 0.0468. The SMILES string of the molecule is Cc1cccc(N2C(=S)S[C@H]3CS(=O)(=O)C[C@@]32C)c1. The molecule has 0 aromatic heterocycles. The van der Waals surface area contributed by atoms with E-state index in [4.69, 9.17) is 12.2 Å². The van der Waals surface area contributed by atoms with Gasteiger partial charge in [-0.1, -0.05) is 36.1 Å². The molecule has 0 amide bonds. The number of sulfone groups is 1. The fraction of sp³-hybridized carbons (Fsp3) is 0.462. The van der Waals surface area contributed by atoms with Gasteiger partial charge in [-0.25, -0.2) is 8.42 Å². The van der Waals surface area contributed by atoms with Crippen molar-refractivity contribution >= 4 is 43.8 Å². The molecule has 19 heavy (non-hydrogen) atoms. The van der Waals surface area contributed by atoms with E-state index in [1.54, 1.807) is 0 Å². The minimum atomic E-state index is -2.96. The highest BCUT2D eigenvalue weighted by atomic mass is 32.2. The van der Waals surface area contributed by atoms with Crippen LogP contribution in [0.4, 0.5) is 5.69 Å². The molecule has 0 N–H and O–H groups in total. The van der Waals surface area contributed by atoms with Gasteiger partial charge in [0.1, 0.15) is 4.32 Å². The fourth-order valence-electron chi connectivity index (χ4n) is 2.93. The van der Waals surface area contributed by atoms with Crippen LogP contribution in [-0.4, -0.2) is 35.0 Å². The van der Waals surface area contributed by atoms with Crippen molar-refractivity contribution in [3.63, 3.8) is 0 Å². The number of nitrogens with zero attached hydrogens (tertiary/aromatic N) is 1. The maximum Gasteiger partial charge on any atom is 0.153 e. The summed E-state index contributed by atoms with van der Waals surface area (Å²) >= 11 is 6.99. The van der Waals surface area contributed by atoms with Crippen molar-refractivity contribution in [2.24, 2.45) is 0 Å². The number of rotatable bonds is 1. The van der Waals surface area contributed by atoms with Gasteiger partial charge in [-0.05, 0) is 31.5 Å². The van der Waals surface area contributed by atoms with Gasteiger partial charge in [-0.3, -0.25) is 0 Å². The minimum absolute atomic E-state index is 0.0468. The van der Waals surface area contributed by atoms with Crippen molar-refractivity contribution in [2.45, 2.75) is 24.6 Å². The number of aryl methyl sites for hydroxylation is 1. The maximum absolute atomic E-state index is 11.9. The summed E-state index contributed by atoms with van der Waals surface area (Å²) < 4.78 is 24.6. The second kappa shape index (κ2) is 4.20. The first-order valence-corrected chi connectivity index (χ1v) is 9.21. The molecule has 2 aliphatic rings. The number of thiocarbonyl (C=S) groups is 1. The topological polar surface area (TPSA) is 37.4 Å². The van der Waals surface area contributed by atoms with Crippen LogP contribution in [0.2, 0.25) is 0 Å². The Morgan fingerprint density at radius 3 is 2.89 bits per heavy atom. The molecular formula is C13H15NO2S3. The maximum atomic E-state index is 11.9. The third-order valence-corrected chi connectivity index (χ3v) is 7.70. The zero-order chi connectivity index (χ0) is 13.8. The lowest BCUT2D eigenvalue weighted by molar-refractivity contribution is 0.550. The van der Waals surface area contributed by atoms with Gasteiger partial charge >= 0.3 is 0 Å². The van der Waals surface area contributed by atoms with E-state index >= 15 is 0 Å². The number of hydrogen-bond acceptors (Lipinski definition) is 4. The van der Waals surface area contributed by atoms with E-state index < -0.39 is 15.4 Å². The summed E-state index contributed by atoms with van der Waals surface area (Å²) in [6.45, 7) is 4.04. The zero-order valence-electron chi connectivity index (χ0n) is 10.8. The van der Waals surface area contributed by atoms with Crippen molar-refractivity contribution < 1.29 is 8.42 Å². The minimum Gasteiger partial charge on any atom is -0.319 e. The van der Waals surface area contributed by atoms with Gasteiger partial charge in [0.25, 0.3) is 0 Å². The first-order chi connectivity index (χ1) is 8.82. The van der Waals surface area contributed by atoms with E-state index in [1.807, 2.05) is 36.9 Å². The van der Waals surface area contributed by atoms with E-state index in [-0.39, 0.29) is 16.8 Å². The molecule has 2 aliphatic heterocycles. The number of benzene rings is 1. The summed E-state index contributed by atoms with van der Waals surface area (Å²) in [7, 11) is -2.96. The molecule has 2 heterocycles. The average Bonchev–Trinajstić information content (AvgIpc) is 2.60. The van der Waals surface area contributed by atoms with E-state index in [0.717, 1.165) is 15.6 Å². The third kappa shape index (κ3) is 2.10. The molecule has 3 rings (SSSR count). The van der Waals surface area contributed by atoms with Gasteiger partial charge in [0, 0.05) is 5.69 Å².